The summed E-state index contributed by atoms with van der Waals surface area (Å²) < 4.78 is 16.7. The molecule has 0 saturated heterocycles. The number of carbonyl (C=O) groups is 1. The highest BCUT2D eigenvalue weighted by Gasteiger charge is 2.22. The number of amides is 1. The van der Waals surface area contributed by atoms with Gasteiger partial charge in [0.25, 0.3) is 0 Å². The van der Waals surface area contributed by atoms with Crippen molar-refractivity contribution in [1.82, 2.24) is 5.32 Å². The van der Waals surface area contributed by atoms with Crippen molar-refractivity contribution in [3.05, 3.63) is 22.2 Å². The van der Waals surface area contributed by atoms with E-state index in [9.17, 15) is 4.79 Å². The molecule has 0 aliphatic rings. The molecule has 0 aromatic heterocycles. The molecule has 6 heteroatoms. The van der Waals surface area contributed by atoms with Gasteiger partial charge in [0.05, 0.1) is 20.3 Å². The SMILES string of the molecule is CC[C@H](NC(=O)OC(C)(C)C)c1cc(OC)c(OC)cc1Br. The summed E-state index contributed by atoms with van der Waals surface area (Å²) in [6.45, 7) is 7.49. The van der Waals surface area contributed by atoms with Gasteiger partial charge >= 0.3 is 6.09 Å². The number of alkyl carbamates (subject to hydrolysis) is 1. The first kappa shape index (κ1) is 18.6. The molecule has 1 amide bonds. The Balaban J connectivity index is 3.02. The fraction of sp³-hybridized carbons (Fsp3) is 0.562. The number of methoxy groups -OCH3 is 2. The Bertz CT molecular complexity index is 526. The minimum absolute atomic E-state index is 0.191. The Kier molecular flexibility index (Phi) is 6.53. The van der Waals surface area contributed by atoms with Crippen LogP contribution in [0.5, 0.6) is 11.5 Å². The molecule has 0 saturated carbocycles. The number of hydrogen-bond donors (Lipinski definition) is 1. The van der Waals surface area contributed by atoms with Crippen molar-refractivity contribution >= 4 is 22.0 Å². The third-order valence-electron chi connectivity index (χ3n) is 2.98. The van der Waals surface area contributed by atoms with E-state index < -0.39 is 11.7 Å². The van der Waals surface area contributed by atoms with Gasteiger partial charge in [0.1, 0.15) is 5.60 Å². The predicted molar refractivity (Wildman–Crippen MR) is 89.6 cm³/mol. The standard InChI is InChI=1S/C16H24BrNO4/c1-7-12(18-15(19)22-16(2,3)4)10-8-13(20-5)14(21-6)9-11(10)17/h8-9,12H,7H2,1-6H3,(H,18,19)/t12-/m0/s1. The Morgan fingerprint density at radius 3 is 2.23 bits per heavy atom. The molecule has 1 rings (SSSR count). The van der Waals surface area contributed by atoms with Crippen LogP contribution >= 0.6 is 15.9 Å². The summed E-state index contributed by atoms with van der Waals surface area (Å²) in [5.74, 6) is 1.25. The molecule has 0 bridgehead atoms. The van der Waals surface area contributed by atoms with Gasteiger partial charge in [-0.15, -0.1) is 0 Å². The van der Waals surface area contributed by atoms with Crippen LogP contribution in [-0.4, -0.2) is 25.9 Å². The highest BCUT2D eigenvalue weighted by Crippen LogP contribution is 2.36. The van der Waals surface area contributed by atoms with Gasteiger partial charge in [-0.3, -0.25) is 0 Å². The van der Waals surface area contributed by atoms with E-state index in [1.165, 1.54) is 0 Å². The molecule has 0 heterocycles. The van der Waals surface area contributed by atoms with Crippen LogP contribution in [0.4, 0.5) is 4.79 Å². The zero-order chi connectivity index (χ0) is 16.9. The first-order valence-electron chi connectivity index (χ1n) is 7.12. The van der Waals surface area contributed by atoms with Crippen molar-refractivity contribution < 1.29 is 19.0 Å². The molecule has 0 radical (unpaired) electrons. The molecule has 0 unspecified atom stereocenters. The molecular formula is C16H24BrNO4. The van der Waals surface area contributed by atoms with Gasteiger partial charge in [0, 0.05) is 4.47 Å². The summed E-state index contributed by atoms with van der Waals surface area (Å²) in [6, 6.07) is 3.49. The summed E-state index contributed by atoms with van der Waals surface area (Å²) >= 11 is 3.52. The van der Waals surface area contributed by atoms with Crippen molar-refractivity contribution in [3.8, 4) is 11.5 Å². The first-order chi connectivity index (χ1) is 10.2. The van der Waals surface area contributed by atoms with Gasteiger partial charge < -0.3 is 19.5 Å². The molecule has 1 atom stereocenters. The molecule has 124 valence electrons. The number of halogens is 1. The van der Waals surface area contributed by atoms with E-state index in [0.29, 0.717) is 17.9 Å². The molecule has 0 aliphatic heterocycles. The second-order valence-corrected chi connectivity index (χ2v) is 6.69. The Hall–Kier alpha value is -1.43. The largest absolute Gasteiger partial charge is 0.493 e. The van der Waals surface area contributed by atoms with E-state index in [4.69, 9.17) is 14.2 Å². The average Bonchev–Trinajstić information content (AvgIpc) is 2.42. The van der Waals surface area contributed by atoms with Crippen LogP contribution < -0.4 is 14.8 Å². The smallest absolute Gasteiger partial charge is 0.408 e. The maximum atomic E-state index is 12.0. The molecular weight excluding hydrogens is 350 g/mol. The first-order valence-corrected chi connectivity index (χ1v) is 7.92. The average molecular weight is 374 g/mol. The number of nitrogens with one attached hydrogen (secondary N) is 1. The van der Waals surface area contributed by atoms with Crippen LogP contribution in [-0.2, 0) is 4.74 Å². The van der Waals surface area contributed by atoms with Crippen molar-refractivity contribution in [1.29, 1.82) is 0 Å². The zero-order valence-corrected chi connectivity index (χ0v) is 15.5. The summed E-state index contributed by atoms with van der Waals surface area (Å²) in [7, 11) is 3.16. The third kappa shape index (κ3) is 5.09. The van der Waals surface area contributed by atoms with E-state index in [1.807, 2.05) is 39.8 Å². The van der Waals surface area contributed by atoms with E-state index in [0.717, 1.165) is 10.0 Å². The van der Waals surface area contributed by atoms with Crippen LogP contribution in [0.15, 0.2) is 16.6 Å². The van der Waals surface area contributed by atoms with E-state index in [1.54, 1.807) is 14.2 Å². The fourth-order valence-corrected chi connectivity index (χ4v) is 2.59. The summed E-state index contributed by atoms with van der Waals surface area (Å²) in [5.41, 5.74) is 0.378. The van der Waals surface area contributed by atoms with E-state index in [-0.39, 0.29) is 6.04 Å². The lowest BCUT2D eigenvalue weighted by Crippen LogP contribution is -2.34. The van der Waals surface area contributed by atoms with Gasteiger partial charge in [-0.25, -0.2) is 4.79 Å². The van der Waals surface area contributed by atoms with Crippen LogP contribution in [0.3, 0.4) is 0 Å². The molecule has 1 N–H and O–H groups in total. The van der Waals surface area contributed by atoms with Crippen LogP contribution in [0.2, 0.25) is 0 Å². The molecule has 1 aromatic carbocycles. The van der Waals surface area contributed by atoms with Crippen molar-refractivity contribution in [2.45, 2.75) is 45.8 Å². The normalized spacial score (nSPS) is 12.5. The topological polar surface area (TPSA) is 56.8 Å². The number of hydrogen-bond acceptors (Lipinski definition) is 4. The number of benzene rings is 1. The molecule has 0 spiro atoms. The lowest BCUT2D eigenvalue weighted by Gasteiger charge is -2.24. The Morgan fingerprint density at radius 2 is 1.77 bits per heavy atom. The second kappa shape index (κ2) is 7.72. The number of carbonyl (C=O) groups excluding carboxylic acids is 1. The van der Waals surface area contributed by atoms with Gasteiger partial charge in [-0.1, -0.05) is 22.9 Å². The number of rotatable bonds is 5. The third-order valence-corrected chi connectivity index (χ3v) is 3.66. The molecule has 0 aliphatic carbocycles. The quantitative estimate of drug-likeness (QED) is 0.828. The Labute approximate surface area is 140 Å². The maximum absolute atomic E-state index is 12.0. The molecule has 0 fully saturated rings. The van der Waals surface area contributed by atoms with Crippen LogP contribution in [0, 0.1) is 0 Å². The zero-order valence-electron chi connectivity index (χ0n) is 14.0. The predicted octanol–water partition coefficient (Wildman–Crippen LogP) is 4.44. The second-order valence-electron chi connectivity index (χ2n) is 5.84. The summed E-state index contributed by atoms with van der Waals surface area (Å²) in [6.07, 6.45) is 0.272. The lowest BCUT2D eigenvalue weighted by molar-refractivity contribution is 0.0502. The Morgan fingerprint density at radius 1 is 1.23 bits per heavy atom. The summed E-state index contributed by atoms with van der Waals surface area (Å²) in [5, 5.41) is 2.88. The highest BCUT2D eigenvalue weighted by atomic mass is 79.9. The van der Waals surface area contributed by atoms with Gasteiger partial charge in [0.2, 0.25) is 0 Å². The molecule has 1 aromatic rings. The minimum atomic E-state index is -0.531. The van der Waals surface area contributed by atoms with Gasteiger partial charge in [0.15, 0.2) is 11.5 Å². The van der Waals surface area contributed by atoms with Crippen molar-refractivity contribution in [2.24, 2.45) is 0 Å². The monoisotopic (exact) mass is 373 g/mol. The van der Waals surface area contributed by atoms with E-state index in [2.05, 4.69) is 21.2 Å². The maximum Gasteiger partial charge on any atom is 0.408 e. The molecule has 22 heavy (non-hydrogen) atoms. The van der Waals surface area contributed by atoms with E-state index >= 15 is 0 Å². The lowest BCUT2D eigenvalue weighted by atomic mass is 10.0. The minimum Gasteiger partial charge on any atom is -0.493 e. The fourth-order valence-electron chi connectivity index (χ4n) is 1.99. The van der Waals surface area contributed by atoms with Gasteiger partial charge in [-0.05, 0) is 44.9 Å². The van der Waals surface area contributed by atoms with Crippen LogP contribution in [0.1, 0.15) is 45.7 Å². The summed E-state index contributed by atoms with van der Waals surface area (Å²) in [4.78, 5) is 12.0. The van der Waals surface area contributed by atoms with Crippen LogP contribution in [0.25, 0.3) is 0 Å². The van der Waals surface area contributed by atoms with Crippen molar-refractivity contribution in [2.75, 3.05) is 14.2 Å². The van der Waals surface area contributed by atoms with Gasteiger partial charge in [-0.2, -0.15) is 0 Å². The molecule has 5 nitrogen and oxygen atoms in total. The van der Waals surface area contributed by atoms with Crippen molar-refractivity contribution in [3.63, 3.8) is 0 Å². The highest BCUT2D eigenvalue weighted by molar-refractivity contribution is 9.10. The number of ether oxygens (including phenoxy) is 3.